The number of halogens is 3. The Morgan fingerprint density at radius 2 is 1.70 bits per heavy atom. The lowest BCUT2D eigenvalue weighted by atomic mass is 9.89. The summed E-state index contributed by atoms with van der Waals surface area (Å²) < 4.78 is 25.3. The van der Waals surface area contributed by atoms with Gasteiger partial charge in [-0.05, 0) is 0 Å². The zero-order valence-electron chi connectivity index (χ0n) is 6.08. The molecule has 0 saturated carbocycles. The van der Waals surface area contributed by atoms with Crippen molar-refractivity contribution in [3.63, 3.8) is 0 Å². The molecule has 0 atom stereocenters. The van der Waals surface area contributed by atoms with E-state index in [1.54, 1.807) is 13.8 Å². The van der Waals surface area contributed by atoms with Gasteiger partial charge in [-0.25, -0.2) is 8.78 Å². The molecule has 10 heavy (non-hydrogen) atoms. The van der Waals surface area contributed by atoms with Crippen LogP contribution in [0.5, 0.6) is 0 Å². The van der Waals surface area contributed by atoms with E-state index in [0.717, 1.165) is 0 Å². The van der Waals surface area contributed by atoms with E-state index < -0.39 is 11.3 Å². The molecular weight excluding hydrogens is 160 g/mol. The van der Waals surface area contributed by atoms with Crippen LogP contribution in [0.2, 0.25) is 0 Å². The zero-order valence-corrected chi connectivity index (χ0v) is 6.89. The molecule has 1 fully saturated rings. The molecule has 0 radical (unpaired) electrons. The lowest BCUT2D eigenvalue weighted by molar-refractivity contribution is -0.0646. The predicted octanol–water partition coefficient (Wildman–Crippen LogP) is 1.67. The minimum absolute atomic E-state index is 0. The molecule has 0 aromatic carbocycles. The van der Waals surface area contributed by atoms with Crippen molar-refractivity contribution in [1.82, 2.24) is 5.32 Å². The van der Waals surface area contributed by atoms with Gasteiger partial charge in [-0.1, -0.05) is 13.8 Å². The van der Waals surface area contributed by atoms with E-state index in [2.05, 4.69) is 5.32 Å². The standard InChI is InChI=1S/C6H11F2N.ClH/c1-5(2)3-9-4-6(5,7)8;/h9H,3-4H2,1-2H3;1H. The van der Waals surface area contributed by atoms with Crippen molar-refractivity contribution >= 4 is 12.4 Å². The molecule has 1 heterocycles. The SMILES string of the molecule is CC1(C)CNCC1(F)F.Cl. The molecule has 0 amide bonds. The first-order chi connectivity index (χ1) is 3.96. The third-order valence-electron chi connectivity index (χ3n) is 1.90. The van der Waals surface area contributed by atoms with Crippen molar-refractivity contribution < 1.29 is 8.78 Å². The highest BCUT2D eigenvalue weighted by molar-refractivity contribution is 5.85. The summed E-state index contributed by atoms with van der Waals surface area (Å²) in [4.78, 5) is 0. The lowest BCUT2D eigenvalue weighted by Crippen LogP contribution is -2.34. The number of hydrogen-bond donors (Lipinski definition) is 1. The van der Waals surface area contributed by atoms with E-state index in [1.165, 1.54) is 0 Å². The van der Waals surface area contributed by atoms with Gasteiger partial charge in [0.1, 0.15) is 0 Å². The van der Waals surface area contributed by atoms with Crippen LogP contribution >= 0.6 is 12.4 Å². The summed E-state index contributed by atoms with van der Waals surface area (Å²) in [6.07, 6.45) is 0. The third kappa shape index (κ3) is 1.40. The highest BCUT2D eigenvalue weighted by Gasteiger charge is 2.50. The summed E-state index contributed by atoms with van der Waals surface area (Å²) >= 11 is 0. The summed E-state index contributed by atoms with van der Waals surface area (Å²) in [5, 5.41) is 2.65. The Bertz CT molecular complexity index is 111. The van der Waals surface area contributed by atoms with E-state index in [1.807, 2.05) is 0 Å². The fourth-order valence-electron chi connectivity index (χ4n) is 0.901. The average molecular weight is 172 g/mol. The van der Waals surface area contributed by atoms with Crippen molar-refractivity contribution in [3.05, 3.63) is 0 Å². The van der Waals surface area contributed by atoms with Gasteiger partial charge < -0.3 is 5.32 Å². The van der Waals surface area contributed by atoms with Gasteiger partial charge >= 0.3 is 0 Å². The first-order valence-electron chi connectivity index (χ1n) is 3.04. The van der Waals surface area contributed by atoms with Crippen molar-refractivity contribution in [3.8, 4) is 0 Å². The Morgan fingerprint density at radius 1 is 1.20 bits per heavy atom. The quantitative estimate of drug-likeness (QED) is 0.585. The first-order valence-corrected chi connectivity index (χ1v) is 3.04. The minimum Gasteiger partial charge on any atom is -0.310 e. The molecule has 4 heteroatoms. The molecule has 0 unspecified atom stereocenters. The van der Waals surface area contributed by atoms with Gasteiger partial charge in [0.05, 0.1) is 6.54 Å². The predicted molar refractivity (Wildman–Crippen MR) is 38.8 cm³/mol. The van der Waals surface area contributed by atoms with Crippen LogP contribution in [0.1, 0.15) is 13.8 Å². The van der Waals surface area contributed by atoms with Gasteiger partial charge in [-0.15, -0.1) is 12.4 Å². The number of nitrogens with one attached hydrogen (secondary N) is 1. The zero-order chi connectivity index (χ0) is 7.12. The molecule has 1 aliphatic heterocycles. The van der Waals surface area contributed by atoms with E-state index >= 15 is 0 Å². The molecule has 1 nitrogen and oxygen atoms in total. The fourth-order valence-corrected chi connectivity index (χ4v) is 0.901. The number of rotatable bonds is 0. The largest absolute Gasteiger partial charge is 0.310 e. The Hall–Kier alpha value is 0.110. The van der Waals surface area contributed by atoms with Gasteiger partial charge in [-0.3, -0.25) is 0 Å². The van der Waals surface area contributed by atoms with Crippen LogP contribution in [-0.2, 0) is 0 Å². The van der Waals surface area contributed by atoms with Gasteiger partial charge in [0.2, 0.25) is 0 Å². The Morgan fingerprint density at radius 3 is 1.80 bits per heavy atom. The molecular formula is C6H12ClF2N. The Kier molecular flexibility index (Phi) is 2.65. The van der Waals surface area contributed by atoms with Crippen molar-refractivity contribution in [2.24, 2.45) is 5.41 Å². The van der Waals surface area contributed by atoms with E-state index in [0.29, 0.717) is 6.54 Å². The summed E-state index contributed by atoms with van der Waals surface area (Å²) in [6, 6.07) is 0. The van der Waals surface area contributed by atoms with Crippen LogP contribution < -0.4 is 5.32 Å². The van der Waals surface area contributed by atoms with Crippen molar-refractivity contribution in [2.45, 2.75) is 19.8 Å². The Labute approximate surface area is 65.6 Å². The maximum atomic E-state index is 12.7. The van der Waals surface area contributed by atoms with E-state index in [4.69, 9.17) is 0 Å². The molecule has 1 aliphatic rings. The van der Waals surface area contributed by atoms with Crippen LogP contribution in [0.15, 0.2) is 0 Å². The van der Waals surface area contributed by atoms with Gasteiger partial charge in [0.25, 0.3) is 5.92 Å². The smallest absolute Gasteiger partial charge is 0.266 e. The highest BCUT2D eigenvalue weighted by Crippen LogP contribution is 2.38. The second kappa shape index (κ2) is 2.62. The number of hydrogen-bond acceptors (Lipinski definition) is 1. The monoisotopic (exact) mass is 171 g/mol. The van der Waals surface area contributed by atoms with Gasteiger partial charge in [0.15, 0.2) is 0 Å². The number of alkyl halides is 2. The molecule has 1 N–H and O–H groups in total. The van der Waals surface area contributed by atoms with Gasteiger partial charge in [0, 0.05) is 12.0 Å². The van der Waals surface area contributed by atoms with Crippen LogP contribution in [0.3, 0.4) is 0 Å². The summed E-state index contributed by atoms with van der Waals surface area (Å²) in [5.41, 5.74) is -0.854. The van der Waals surface area contributed by atoms with Crippen LogP contribution in [-0.4, -0.2) is 19.0 Å². The van der Waals surface area contributed by atoms with Crippen LogP contribution in [0.25, 0.3) is 0 Å². The second-order valence-corrected chi connectivity index (χ2v) is 3.19. The maximum absolute atomic E-state index is 12.7. The average Bonchev–Trinajstić information content (AvgIpc) is 1.81. The van der Waals surface area contributed by atoms with E-state index in [9.17, 15) is 8.78 Å². The van der Waals surface area contributed by atoms with E-state index in [-0.39, 0.29) is 19.0 Å². The molecule has 0 aromatic heterocycles. The molecule has 0 aliphatic carbocycles. The first kappa shape index (κ1) is 10.1. The summed E-state index contributed by atoms with van der Waals surface area (Å²) in [6.45, 7) is 3.40. The maximum Gasteiger partial charge on any atom is 0.266 e. The lowest BCUT2D eigenvalue weighted by Gasteiger charge is -2.24. The molecule has 1 saturated heterocycles. The minimum atomic E-state index is -2.52. The van der Waals surface area contributed by atoms with Crippen LogP contribution in [0.4, 0.5) is 8.78 Å². The van der Waals surface area contributed by atoms with Gasteiger partial charge in [-0.2, -0.15) is 0 Å². The highest BCUT2D eigenvalue weighted by atomic mass is 35.5. The molecule has 0 aromatic rings. The molecule has 0 spiro atoms. The summed E-state index contributed by atoms with van der Waals surface area (Å²) in [5.74, 6) is -2.52. The molecule has 62 valence electrons. The second-order valence-electron chi connectivity index (χ2n) is 3.19. The van der Waals surface area contributed by atoms with Crippen LogP contribution in [0, 0.1) is 5.41 Å². The molecule has 0 bridgehead atoms. The Balaban J connectivity index is 0.000000810. The topological polar surface area (TPSA) is 12.0 Å². The summed E-state index contributed by atoms with van der Waals surface area (Å²) in [7, 11) is 0. The normalized spacial score (nSPS) is 27.6. The van der Waals surface area contributed by atoms with Crippen molar-refractivity contribution in [2.75, 3.05) is 13.1 Å². The third-order valence-corrected chi connectivity index (χ3v) is 1.90. The molecule has 1 rings (SSSR count). The fraction of sp³-hybridized carbons (Fsp3) is 1.00. The van der Waals surface area contributed by atoms with Crippen molar-refractivity contribution in [1.29, 1.82) is 0 Å².